The second-order valence-electron chi connectivity index (χ2n) is 5.40. The molecule has 20 heavy (non-hydrogen) atoms. The average molecular weight is 339 g/mol. The van der Waals surface area contributed by atoms with Crippen molar-refractivity contribution in [2.45, 2.75) is 18.9 Å². The Hall–Kier alpha value is -1.27. The predicted molar refractivity (Wildman–Crippen MR) is 83.5 cm³/mol. The van der Waals surface area contributed by atoms with Crippen molar-refractivity contribution in [3.63, 3.8) is 0 Å². The van der Waals surface area contributed by atoms with Crippen molar-refractivity contribution >= 4 is 27.5 Å². The van der Waals surface area contributed by atoms with E-state index in [-0.39, 0.29) is 5.84 Å². The maximum Gasteiger partial charge on any atom is 0.171 e. The second kappa shape index (κ2) is 5.61. The lowest BCUT2D eigenvalue weighted by atomic mass is 10.1. The van der Waals surface area contributed by atoms with Gasteiger partial charge in [0.15, 0.2) is 5.84 Å². The molecule has 1 heterocycles. The Morgan fingerprint density at radius 3 is 2.50 bits per heavy atom. The van der Waals surface area contributed by atoms with Crippen LogP contribution in [0.2, 0.25) is 0 Å². The maximum atomic E-state index is 8.74. The summed E-state index contributed by atoms with van der Waals surface area (Å²) >= 11 is 3.49. The highest BCUT2D eigenvalue weighted by atomic mass is 79.9. The number of hydrogen-bond donors (Lipinski definition) is 2. The Balaban J connectivity index is 1.70. The third-order valence-corrected chi connectivity index (χ3v) is 4.74. The van der Waals surface area contributed by atoms with Gasteiger partial charge in [-0.2, -0.15) is 0 Å². The van der Waals surface area contributed by atoms with Crippen molar-refractivity contribution in [1.82, 2.24) is 4.90 Å². The molecule has 0 radical (unpaired) electrons. The highest BCUT2D eigenvalue weighted by Gasteiger charge is 2.31. The summed E-state index contributed by atoms with van der Waals surface area (Å²) in [5, 5.41) is 11.8. The Morgan fingerprint density at radius 2 is 1.95 bits per heavy atom. The molecule has 3 N–H and O–H groups in total. The van der Waals surface area contributed by atoms with Crippen molar-refractivity contribution in [1.29, 1.82) is 0 Å². The normalized spacial score (nSPS) is 21.2. The molecule has 1 aromatic carbocycles. The van der Waals surface area contributed by atoms with Crippen LogP contribution in [0.1, 0.15) is 18.4 Å². The zero-order chi connectivity index (χ0) is 14.1. The van der Waals surface area contributed by atoms with Gasteiger partial charge >= 0.3 is 0 Å². The molecule has 0 amide bonds. The molecule has 1 saturated carbocycles. The van der Waals surface area contributed by atoms with E-state index in [1.54, 1.807) is 0 Å². The lowest BCUT2D eigenvalue weighted by Crippen LogP contribution is -2.47. The highest BCUT2D eigenvalue weighted by Crippen LogP contribution is 2.29. The molecule has 3 rings (SSSR count). The van der Waals surface area contributed by atoms with E-state index in [4.69, 9.17) is 10.9 Å². The first-order valence-electron chi connectivity index (χ1n) is 6.95. The van der Waals surface area contributed by atoms with E-state index in [9.17, 15) is 0 Å². The molecular weight excluding hydrogens is 320 g/mol. The highest BCUT2D eigenvalue weighted by molar-refractivity contribution is 9.10. The summed E-state index contributed by atoms with van der Waals surface area (Å²) in [5.74, 6) is 0.127. The number of rotatable bonds is 3. The van der Waals surface area contributed by atoms with Crippen molar-refractivity contribution < 1.29 is 5.21 Å². The molecular formula is C14H19BrN4O. The fraction of sp³-hybridized carbons (Fsp3) is 0.500. The fourth-order valence-electron chi connectivity index (χ4n) is 2.75. The molecule has 0 bridgehead atoms. The molecule has 5 nitrogen and oxygen atoms in total. The van der Waals surface area contributed by atoms with Gasteiger partial charge in [0, 0.05) is 47.9 Å². The fourth-order valence-corrected chi connectivity index (χ4v) is 3.32. The molecule has 1 aliphatic heterocycles. The van der Waals surface area contributed by atoms with Gasteiger partial charge in [-0.05, 0) is 47.0 Å². The number of halogens is 1. The number of amidine groups is 1. The minimum absolute atomic E-state index is 0.127. The molecule has 0 unspecified atom stereocenters. The quantitative estimate of drug-likeness (QED) is 0.382. The van der Waals surface area contributed by atoms with Gasteiger partial charge in [0.05, 0.1) is 0 Å². The summed E-state index contributed by atoms with van der Waals surface area (Å²) in [6, 6.07) is 6.82. The van der Waals surface area contributed by atoms with Gasteiger partial charge < -0.3 is 15.8 Å². The minimum atomic E-state index is 0.127. The largest absolute Gasteiger partial charge is 0.409 e. The Kier molecular flexibility index (Phi) is 3.85. The van der Waals surface area contributed by atoms with E-state index in [2.05, 4.69) is 30.9 Å². The van der Waals surface area contributed by atoms with Gasteiger partial charge in [0.25, 0.3) is 0 Å². The monoisotopic (exact) mass is 338 g/mol. The summed E-state index contributed by atoms with van der Waals surface area (Å²) in [6.45, 7) is 4.41. The summed E-state index contributed by atoms with van der Waals surface area (Å²) in [5.41, 5.74) is 7.53. The SMILES string of the molecule is N/C(=N/O)c1ccc(N2CCN(C3CC3)CC2)cc1Br. The van der Waals surface area contributed by atoms with Gasteiger partial charge in [-0.25, -0.2) is 0 Å². The predicted octanol–water partition coefficient (Wildman–Crippen LogP) is 1.83. The topological polar surface area (TPSA) is 65.1 Å². The number of hydrogen-bond acceptors (Lipinski definition) is 4. The van der Waals surface area contributed by atoms with Gasteiger partial charge in [-0.3, -0.25) is 4.90 Å². The van der Waals surface area contributed by atoms with Crippen molar-refractivity contribution in [2.75, 3.05) is 31.1 Å². The first-order valence-corrected chi connectivity index (χ1v) is 7.75. The zero-order valence-corrected chi connectivity index (χ0v) is 12.9. The van der Waals surface area contributed by atoms with Crippen LogP contribution in [0.25, 0.3) is 0 Å². The lowest BCUT2D eigenvalue weighted by Gasteiger charge is -2.36. The van der Waals surface area contributed by atoms with Crippen LogP contribution in [0.3, 0.4) is 0 Å². The van der Waals surface area contributed by atoms with E-state index in [1.165, 1.54) is 18.5 Å². The van der Waals surface area contributed by atoms with Gasteiger partial charge in [0.1, 0.15) is 0 Å². The molecule has 0 atom stereocenters. The first kappa shape index (κ1) is 13.7. The number of nitrogens with two attached hydrogens (primary N) is 1. The summed E-state index contributed by atoms with van der Waals surface area (Å²) in [4.78, 5) is 4.98. The average Bonchev–Trinajstić information content (AvgIpc) is 3.31. The summed E-state index contributed by atoms with van der Waals surface area (Å²) in [6.07, 6.45) is 2.75. The van der Waals surface area contributed by atoms with E-state index in [0.29, 0.717) is 5.56 Å². The van der Waals surface area contributed by atoms with Crippen LogP contribution in [0.15, 0.2) is 27.8 Å². The molecule has 6 heteroatoms. The Morgan fingerprint density at radius 1 is 1.25 bits per heavy atom. The zero-order valence-electron chi connectivity index (χ0n) is 11.3. The van der Waals surface area contributed by atoms with Crippen LogP contribution in [0.5, 0.6) is 0 Å². The number of oxime groups is 1. The minimum Gasteiger partial charge on any atom is -0.409 e. The molecule has 108 valence electrons. The molecule has 1 aliphatic carbocycles. The van der Waals surface area contributed by atoms with Crippen molar-refractivity contribution in [2.24, 2.45) is 10.9 Å². The molecule has 2 aliphatic rings. The number of benzene rings is 1. The standard InChI is InChI=1S/C14H19BrN4O/c15-13-9-11(3-4-12(13)14(16)17-20)19-7-5-18(6-8-19)10-1-2-10/h3-4,9-10,20H,1-2,5-8H2,(H2,16,17). The summed E-state index contributed by atoms with van der Waals surface area (Å²) in [7, 11) is 0. The van der Waals surface area contributed by atoms with Crippen LogP contribution < -0.4 is 10.6 Å². The van der Waals surface area contributed by atoms with Gasteiger partial charge in [-0.15, -0.1) is 0 Å². The molecule has 1 saturated heterocycles. The van der Waals surface area contributed by atoms with Crippen LogP contribution in [-0.4, -0.2) is 48.2 Å². The molecule has 2 fully saturated rings. The van der Waals surface area contributed by atoms with Crippen LogP contribution in [0, 0.1) is 0 Å². The van der Waals surface area contributed by atoms with Crippen LogP contribution in [0.4, 0.5) is 5.69 Å². The van der Waals surface area contributed by atoms with E-state index < -0.39 is 0 Å². The molecule has 0 aromatic heterocycles. The molecule has 1 aromatic rings. The third kappa shape index (κ3) is 2.76. The van der Waals surface area contributed by atoms with Crippen molar-refractivity contribution in [3.05, 3.63) is 28.2 Å². The van der Waals surface area contributed by atoms with Gasteiger partial charge in [-0.1, -0.05) is 5.16 Å². The smallest absolute Gasteiger partial charge is 0.171 e. The number of anilines is 1. The maximum absolute atomic E-state index is 8.74. The van der Waals surface area contributed by atoms with Crippen molar-refractivity contribution in [3.8, 4) is 0 Å². The Bertz CT molecular complexity index is 522. The number of piperazine rings is 1. The molecule has 0 spiro atoms. The number of nitrogens with zero attached hydrogens (tertiary/aromatic N) is 3. The van der Waals surface area contributed by atoms with E-state index in [1.807, 2.05) is 18.2 Å². The van der Waals surface area contributed by atoms with Crippen LogP contribution in [-0.2, 0) is 0 Å². The lowest BCUT2D eigenvalue weighted by molar-refractivity contribution is 0.248. The van der Waals surface area contributed by atoms with E-state index in [0.717, 1.165) is 36.7 Å². The first-order chi connectivity index (χ1) is 9.69. The van der Waals surface area contributed by atoms with Crippen LogP contribution >= 0.6 is 15.9 Å². The van der Waals surface area contributed by atoms with E-state index >= 15 is 0 Å². The third-order valence-electron chi connectivity index (χ3n) is 4.08. The second-order valence-corrected chi connectivity index (χ2v) is 6.26. The Labute approximate surface area is 127 Å². The van der Waals surface area contributed by atoms with Gasteiger partial charge in [0.2, 0.25) is 0 Å². The summed E-state index contributed by atoms with van der Waals surface area (Å²) < 4.78 is 0.856.